The summed E-state index contributed by atoms with van der Waals surface area (Å²) >= 11 is 0. The number of alkyl carbamates (subject to hydrolysis) is 1. The summed E-state index contributed by atoms with van der Waals surface area (Å²) < 4.78 is 81.3. The van der Waals surface area contributed by atoms with Crippen LogP contribution in [0.1, 0.15) is 83.4 Å². The van der Waals surface area contributed by atoms with E-state index in [4.69, 9.17) is 4.74 Å². The third-order valence-electron chi connectivity index (χ3n) is 11.4. The Labute approximate surface area is 349 Å². The van der Waals surface area contributed by atoms with Crippen molar-refractivity contribution >= 4 is 33.8 Å². The van der Waals surface area contributed by atoms with Gasteiger partial charge in [0, 0.05) is 30.3 Å². The first-order valence-corrected chi connectivity index (χ1v) is 21.2. The molecule has 11 nitrogen and oxygen atoms in total. The number of anilines is 1. The molecule has 60 heavy (non-hydrogen) atoms. The number of amides is 3. The number of hydrogen-bond acceptors (Lipinski definition) is 6. The molecule has 4 aromatic rings. The fraction of sp³-hybridized carbons (Fsp3) is 0.400. The van der Waals surface area contributed by atoms with E-state index in [-0.39, 0.29) is 42.1 Å². The number of piperazine rings is 1. The van der Waals surface area contributed by atoms with E-state index in [9.17, 15) is 36.7 Å². The summed E-state index contributed by atoms with van der Waals surface area (Å²) in [6, 6.07) is 21.0. The van der Waals surface area contributed by atoms with Gasteiger partial charge in [-0.05, 0) is 112 Å². The number of carbonyl (C=O) groups excluding carboxylic acids is 2. The van der Waals surface area contributed by atoms with E-state index in [0.717, 1.165) is 0 Å². The average molecular weight is 849 g/mol. The number of halogens is 3. The van der Waals surface area contributed by atoms with E-state index in [0.29, 0.717) is 24.0 Å². The molecule has 1 heterocycles. The maximum atomic E-state index is 16.3. The third kappa shape index (κ3) is 9.16. The van der Waals surface area contributed by atoms with Gasteiger partial charge in [-0.25, -0.2) is 31.2 Å². The molecule has 0 bridgehead atoms. The van der Waals surface area contributed by atoms with Crippen molar-refractivity contribution in [3.8, 4) is 0 Å². The quantitative estimate of drug-likeness (QED) is 0.137. The highest BCUT2D eigenvalue weighted by Gasteiger charge is 2.67. The van der Waals surface area contributed by atoms with Crippen molar-refractivity contribution in [3.63, 3.8) is 0 Å². The summed E-state index contributed by atoms with van der Waals surface area (Å²) in [5, 5.41) is 15.8. The van der Waals surface area contributed by atoms with Crippen LogP contribution in [0.5, 0.6) is 0 Å². The fourth-order valence-corrected chi connectivity index (χ4v) is 10.7. The molecule has 3 amide bonds. The number of nitrogens with zero attached hydrogens (tertiary/aromatic N) is 2. The van der Waals surface area contributed by atoms with Gasteiger partial charge in [-0.1, -0.05) is 69.3 Å². The molecule has 2 atom stereocenters. The number of carbonyl (C=O) groups is 3. The van der Waals surface area contributed by atoms with Crippen molar-refractivity contribution in [2.45, 2.75) is 101 Å². The summed E-state index contributed by atoms with van der Waals surface area (Å²) in [5.41, 5.74) is -3.51. The molecule has 4 aromatic carbocycles. The monoisotopic (exact) mass is 848 g/mol. The molecule has 1 aliphatic heterocycles. The first-order valence-electron chi connectivity index (χ1n) is 19.7. The molecule has 320 valence electrons. The van der Waals surface area contributed by atoms with Gasteiger partial charge in [0.25, 0.3) is 0 Å². The molecule has 15 heteroatoms. The molecule has 1 saturated heterocycles. The Bertz CT molecular complexity index is 2280. The first kappa shape index (κ1) is 44.2. The summed E-state index contributed by atoms with van der Waals surface area (Å²) in [6.45, 7) is 10.2. The van der Waals surface area contributed by atoms with Crippen molar-refractivity contribution in [3.05, 3.63) is 131 Å². The number of nitrogens with one attached hydrogen (secondary N) is 2. The molecule has 1 unspecified atom stereocenters. The lowest BCUT2D eigenvalue weighted by molar-refractivity contribution is -0.118. The highest BCUT2D eigenvalue weighted by molar-refractivity contribution is 7.89. The predicted octanol–water partition coefficient (Wildman–Crippen LogP) is 8.70. The standard InChI is InChI=1S/C45H51F3N4O7S/c1-42(2,3)45(28-51(41(55)56)27-44(25-26-44)52(45)60(57,58)33-11-8-7-9-12-33)24-23-34-35(48)13-10-14-36(34)49-39(53)38(50-40(54)59-43(4,5)6)37(29-15-19-31(46)20-16-29)30-17-21-32(47)22-18-30/h7-22,37-38H,23-28H2,1-6H3,(H,49,53)(H,50,54)(H,55,56)/t38-,45?/m0/s1. The Hall–Kier alpha value is -5.41. The molecule has 2 aliphatic rings. The molecule has 0 aromatic heterocycles. The molecular weight excluding hydrogens is 798 g/mol. The van der Waals surface area contributed by atoms with Crippen molar-refractivity contribution in [2.24, 2.45) is 5.41 Å². The van der Waals surface area contributed by atoms with Gasteiger partial charge in [0.05, 0.1) is 16.0 Å². The van der Waals surface area contributed by atoms with Gasteiger partial charge < -0.3 is 25.4 Å². The van der Waals surface area contributed by atoms with Crippen LogP contribution in [0.3, 0.4) is 0 Å². The van der Waals surface area contributed by atoms with E-state index < -0.39 is 79.6 Å². The Morgan fingerprint density at radius 2 is 1.37 bits per heavy atom. The van der Waals surface area contributed by atoms with Crippen molar-refractivity contribution in [1.82, 2.24) is 14.5 Å². The molecule has 0 radical (unpaired) electrons. The summed E-state index contributed by atoms with van der Waals surface area (Å²) in [6.07, 6.45) is -1.50. The minimum absolute atomic E-state index is 0.0139. The summed E-state index contributed by atoms with van der Waals surface area (Å²) in [5.74, 6) is -3.68. The van der Waals surface area contributed by atoms with E-state index >= 15 is 4.39 Å². The SMILES string of the molecule is CC(C)(C)OC(=O)N[C@H](C(=O)Nc1cccc(F)c1CCC1(C(C)(C)C)CN(C(=O)O)CC2(CC2)N1S(=O)(=O)c1ccccc1)C(c1ccc(F)cc1)c1ccc(F)cc1. The predicted molar refractivity (Wildman–Crippen MR) is 220 cm³/mol. The van der Waals surface area contributed by atoms with E-state index in [1.807, 2.05) is 20.8 Å². The van der Waals surface area contributed by atoms with Gasteiger partial charge in [0.15, 0.2) is 0 Å². The lowest BCUT2D eigenvalue weighted by Gasteiger charge is -2.59. The van der Waals surface area contributed by atoms with Crippen LogP contribution < -0.4 is 10.6 Å². The number of sulfonamides is 1. The van der Waals surface area contributed by atoms with Crippen molar-refractivity contribution < 1.29 is 45.8 Å². The lowest BCUT2D eigenvalue weighted by atomic mass is 9.68. The maximum absolute atomic E-state index is 16.3. The second-order valence-corrected chi connectivity index (χ2v) is 19.5. The molecular formula is C45H51F3N4O7S. The van der Waals surface area contributed by atoms with Crippen molar-refractivity contribution in [2.75, 3.05) is 18.4 Å². The third-order valence-corrected chi connectivity index (χ3v) is 13.5. The summed E-state index contributed by atoms with van der Waals surface area (Å²) in [7, 11) is -4.24. The van der Waals surface area contributed by atoms with Gasteiger partial charge in [0.2, 0.25) is 15.9 Å². The number of carboxylic acid groups (broad SMARTS) is 1. The molecule has 1 spiro atoms. The number of hydrogen-bond donors (Lipinski definition) is 3. The Balaban J connectivity index is 1.42. The van der Waals surface area contributed by atoms with Crippen LogP contribution >= 0.6 is 0 Å². The minimum atomic E-state index is -4.24. The van der Waals surface area contributed by atoms with E-state index in [1.54, 1.807) is 39.0 Å². The zero-order valence-corrected chi connectivity index (χ0v) is 35.3. The van der Waals surface area contributed by atoms with Crippen LogP contribution in [0.15, 0.2) is 102 Å². The molecule has 2 fully saturated rings. The van der Waals surface area contributed by atoms with Gasteiger partial charge in [0.1, 0.15) is 29.1 Å². The van der Waals surface area contributed by atoms with Crippen LogP contribution in [0.2, 0.25) is 0 Å². The average Bonchev–Trinajstić information content (AvgIpc) is 3.92. The van der Waals surface area contributed by atoms with Gasteiger partial charge in [-0.15, -0.1) is 0 Å². The topological polar surface area (TPSA) is 145 Å². The van der Waals surface area contributed by atoms with E-state index in [2.05, 4.69) is 10.6 Å². The smallest absolute Gasteiger partial charge is 0.408 e. The van der Waals surface area contributed by atoms with Crippen LogP contribution in [-0.2, 0) is 26.0 Å². The second kappa shape index (κ2) is 16.6. The molecule has 6 rings (SSSR count). The highest BCUT2D eigenvalue weighted by atomic mass is 32.2. The minimum Gasteiger partial charge on any atom is -0.465 e. The van der Waals surface area contributed by atoms with E-state index in [1.165, 1.54) is 88.1 Å². The van der Waals surface area contributed by atoms with Gasteiger partial charge in [-0.2, -0.15) is 4.31 Å². The Morgan fingerprint density at radius 1 is 0.800 bits per heavy atom. The number of benzene rings is 4. The maximum Gasteiger partial charge on any atom is 0.408 e. The zero-order valence-electron chi connectivity index (χ0n) is 34.5. The Kier molecular flexibility index (Phi) is 12.2. The molecule has 1 aliphatic carbocycles. The van der Waals surface area contributed by atoms with Crippen molar-refractivity contribution in [1.29, 1.82) is 0 Å². The Morgan fingerprint density at radius 3 is 1.87 bits per heavy atom. The van der Waals surface area contributed by atoms with Gasteiger partial charge >= 0.3 is 12.2 Å². The first-order chi connectivity index (χ1) is 28.1. The second-order valence-electron chi connectivity index (χ2n) is 17.7. The van der Waals surface area contributed by atoms with Gasteiger partial charge in [-0.3, -0.25) is 4.79 Å². The van der Waals surface area contributed by atoms with Crippen LogP contribution in [0.25, 0.3) is 0 Å². The number of ether oxygens (including phenoxy) is 1. The normalized spacial score (nSPS) is 18.5. The highest BCUT2D eigenvalue weighted by Crippen LogP contribution is 2.57. The van der Waals surface area contributed by atoms with Crippen LogP contribution in [-0.4, -0.2) is 76.6 Å². The lowest BCUT2D eigenvalue weighted by Crippen LogP contribution is -2.74. The van der Waals surface area contributed by atoms with Crippen LogP contribution in [0.4, 0.5) is 28.4 Å². The zero-order chi connectivity index (χ0) is 43.8. The summed E-state index contributed by atoms with van der Waals surface area (Å²) in [4.78, 5) is 42.0. The molecule has 1 saturated carbocycles. The number of rotatable bonds is 11. The largest absolute Gasteiger partial charge is 0.465 e. The fourth-order valence-electron chi connectivity index (χ4n) is 8.35. The molecule has 3 N–H and O–H groups in total. The van der Waals surface area contributed by atoms with Crippen LogP contribution in [0, 0.1) is 22.9 Å².